The summed E-state index contributed by atoms with van der Waals surface area (Å²) >= 11 is 0. The molecular weight excluding hydrogens is 176 g/mol. The monoisotopic (exact) mass is 194 g/mol. The van der Waals surface area contributed by atoms with Gasteiger partial charge >= 0.3 is 0 Å². The van der Waals surface area contributed by atoms with Gasteiger partial charge in [0.05, 0.1) is 5.60 Å². The van der Waals surface area contributed by atoms with E-state index in [1.165, 1.54) is 0 Å². The molecular formula is C11H18N2O. The van der Waals surface area contributed by atoms with Crippen LogP contribution in [0.5, 0.6) is 0 Å². The second-order valence-corrected chi connectivity index (χ2v) is 3.94. The Balaban J connectivity index is 2.62. The minimum absolute atomic E-state index is 0.0394. The van der Waals surface area contributed by atoms with Crippen molar-refractivity contribution in [3.63, 3.8) is 0 Å². The zero-order valence-electron chi connectivity index (χ0n) is 9.03. The first-order chi connectivity index (χ1) is 6.56. The molecule has 0 fully saturated rings. The van der Waals surface area contributed by atoms with Crippen LogP contribution in [-0.2, 0) is 11.2 Å². The highest BCUT2D eigenvalue weighted by atomic mass is 16.5. The van der Waals surface area contributed by atoms with Crippen molar-refractivity contribution in [3.05, 3.63) is 30.1 Å². The predicted octanol–water partition coefficient (Wildman–Crippen LogP) is 1.38. The Morgan fingerprint density at radius 1 is 1.50 bits per heavy atom. The largest absolute Gasteiger partial charge is 0.377 e. The summed E-state index contributed by atoms with van der Waals surface area (Å²) in [6.45, 7) is 3.97. The van der Waals surface area contributed by atoms with E-state index in [0.29, 0.717) is 0 Å². The summed E-state index contributed by atoms with van der Waals surface area (Å²) in [6, 6.07) is 5.80. The van der Waals surface area contributed by atoms with Gasteiger partial charge in [0, 0.05) is 31.5 Å². The molecule has 3 heteroatoms. The minimum atomic E-state index is -0.308. The molecule has 1 heterocycles. The molecule has 0 saturated heterocycles. The second-order valence-electron chi connectivity index (χ2n) is 3.94. The van der Waals surface area contributed by atoms with Crippen molar-refractivity contribution in [1.29, 1.82) is 0 Å². The first-order valence-electron chi connectivity index (χ1n) is 4.77. The van der Waals surface area contributed by atoms with Crippen LogP contribution < -0.4 is 5.73 Å². The van der Waals surface area contributed by atoms with Gasteiger partial charge in [-0.25, -0.2) is 0 Å². The van der Waals surface area contributed by atoms with Crippen molar-refractivity contribution >= 4 is 0 Å². The average molecular weight is 194 g/mol. The molecule has 0 aliphatic rings. The number of nitrogens with two attached hydrogens (primary N) is 1. The van der Waals surface area contributed by atoms with E-state index in [9.17, 15) is 0 Å². The Morgan fingerprint density at radius 2 is 2.21 bits per heavy atom. The number of ether oxygens (including phenoxy) is 1. The standard InChI is InChI=1S/C11H18N2O/c1-11(2,14-3)10(12)8-9-6-4-5-7-13-9/h4-7,10H,8,12H2,1-3H3. The topological polar surface area (TPSA) is 48.1 Å². The SMILES string of the molecule is COC(C)(C)C(N)Cc1ccccn1. The first-order valence-corrected chi connectivity index (χ1v) is 4.77. The van der Waals surface area contributed by atoms with E-state index in [2.05, 4.69) is 4.98 Å². The predicted molar refractivity (Wildman–Crippen MR) is 57.0 cm³/mol. The summed E-state index contributed by atoms with van der Waals surface area (Å²) < 4.78 is 5.32. The Morgan fingerprint density at radius 3 is 2.71 bits per heavy atom. The van der Waals surface area contributed by atoms with Crippen LogP contribution in [0, 0.1) is 0 Å². The van der Waals surface area contributed by atoms with Crippen molar-refractivity contribution in [3.8, 4) is 0 Å². The third-order valence-corrected chi connectivity index (χ3v) is 2.57. The molecule has 1 atom stereocenters. The molecule has 0 aliphatic carbocycles. The van der Waals surface area contributed by atoms with Crippen LogP contribution in [0.2, 0.25) is 0 Å². The van der Waals surface area contributed by atoms with Gasteiger partial charge in [0.25, 0.3) is 0 Å². The number of hydrogen-bond acceptors (Lipinski definition) is 3. The van der Waals surface area contributed by atoms with Crippen LogP contribution in [0.15, 0.2) is 24.4 Å². The van der Waals surface area contributed by atoms with Gasteiger partial charge in [-0.05, 0) is 26.0 Å². The van der Waals surface area contributed by atoms with E-state index in [0.717, 1.165) is 12.1 Å². The normalized spacial score (nSPS) is 14.0. The van der Waals surface area contributed by atoms with Crippen molar-refractivity contribution in [2.75, 3.05) is 7.11 Å². The molecule has 14 heavy (non-hydrogen) atoms. The molecule has 78 valence electrons. The maximum atomic E-state index is 6.03. The molecule has 0 radical (unpaired) electrons. The van der Waals surface area contributed by atoms with E-state index in [1.807, 2.05) is 32.0 Å². The lowest BCUT2D eigenvalue weighted by atomic mass is 9.95. The summed E-state index contributed by atoms with van der Waals surface area (Å²) in [6.07, 6.45) is 2.52. The highest BCUT2D eigenvalue weighted by molar-refractivity contribution is 5.06. The van der Waals surface area contributed by atoms with Crippen molar-refractivity contribution < 1.29 is 4.74 Å². The number of hydrogen-bond donors (Lipinski definition) is 1. The van der Waals surface area contributed by atoms with Crippen molar-refractivity contribution in [2.24, 2.45) is 5.73 Å². The van der Waals surface area contributed by atoms with Crippen LogP contribution in [0.4, 0.5) is 0 Å². The Labute approximate surface area is 85.3 Å². The zero-order chi connectivity index (χ0) is 10.6. The van der Waals surface area contributed by atoms with Crippen molar-refractivity contribution in [2.45, 2.75) is 31.9 Å². The molecule has 0 saturated carbocycles. The molecule has 0 aliphatic heterocycles. The number of aromatic nitrogens is 1. The molecule has 0 amide bonds. The highest BCUT2D eigenvalue weighted by Gasteiger charge is 2.26. The molecule has 2 N–H and O–H groups in total. The molecule has 3 nitrogen and oxygen atoms in total. The van der Waals surface area contributed by atoms with Crippen LogP contribution in [-0.4, -0.2) is 23.7 Å². The van der Waals surface area contributed by atoms with Crippen LogP contribution in [0.3, 0.4) is 0 Å². The van der Waals surface area contributed by atoms with Gasteiger partial charge in [-0.2, -0.15) is 0 Å². The highest BCUT2D eigenvalue weighted by Crippen LogP contribution is 2.14. The molecule has 0 bridgehead atoms. The van der Waals surface area contributed by atoms with Gasteiger partial charge in [0.2, 0.25) is 0 Å². The van der Waals surface area contributed by atoms with Gasteiger partial charge in [-0.15, -0.1) is 0 Å². The van der Waals surface area contributed by atoms with Gasteiger partial charge in [0.15, 0.2) is 0 Å². The number of pyridine rings is 1. The molecule has 1 aromatic rings. The fourth-order valence-corrected chi connectivity index (χ4v) is 1.14. The quantitative estimate of drug-likeness (QED) is 0.787. The van der Waals surface area contributed by atoms with Crippen LogP contribution >= 0.6 is 0 Å². The maximum absolute atomic E-state index is 6.03. The number of rotatable bonds is 4. The van der Waals surface area contributed by atoms with E-state index >= 15 is 0 Å². The summed E-state index contributed by atoms with van der Waals surface area (Å²) in [7, 11) is 1.68. The zero-order valence-corrected chi connectivity index (χ0v) is 9.03. The van der Waals surface area contributed by atoms with Crippen molar-refractivity contribution in [1.82, 2.24) is 4.98 Å². The molecule has 0 spiro atoms. The van der Waals surface area contributed by atoms with E-state index in [4.69, 9.17) is 10.5 Å². The third kappa shape index (κ3) is 2.79. The van der Waals surface area contributed by atoms with Crippen LogP contribution in [0.1, 0.15) is 19.5 Å². The van der Waals surface area contributed by atoms with E-state index in [1.54, 1.807) is 13.3 Å². The Bertz CT molecular complexity index is 272. The maximum Gasteiger partial charge on any atom is 0.0776 e. The lowest BCUT2D eigenvalue weighted by Crippen LogP contribution is -2.46. The smallest absolute Gasteiger partial charge is 0.0776 e. The molecule has 1 aromatic heterocycles. The van der Waals surface area contributed by atoms with E-state index in [-0.39, 0.29) is 11.6 Å². The Hall–Kier alpha value is -0.930. The van der Waals surface area contributed by atoms with Gasteiger partial charge < -0.3 is 10.5 Å². The van der Waals surface area contributed by atoms with Gasteiger partial charge in [-0.3, -0.25) is 4.98 Å². The second kappa shape index (κ2) is 4.53. The summed E-state index contributed by atoms with van der Waals surface area (Å²) in [5.74, 6) is 0. The van der Waals surface area contributed by atoms with Gasteiger partial charge in [-0.1, -0.05) is 6.07 Å². The molecule has 1 rings (SSSR count). The van der Waals surface area contributed by atoms with Gasteiger partial charge in [0.1, 0.15) is 0 Å². The summed E-state index contributed by atoms with van der Waals surface area (Å²) in [5, 5.41) is 0. The number of methoxy groups -OCH3 is 1. The van der Waals surface area contributed by atoms with E-state index < -0.39 is 0 Å². The third-order valence-electron chi connectivity index (χ3n) is 2.57. The Kier molecular flexibility index (Phi) is 3.61. The molecule has 1 unspecified atom stereocenters. The average Bonchev–Trinajstić information content (AvgIpc) is 2.19. The van der Waals surface area contributed by atoms with Crippen LogP contribution in [0.25, 0.3) is 0 Å². The minimum Gasteiger partial charge on any atom is -0.377 e. The summed E-state index contributed by atoms with van der Waals surface area (Å²) in [5.41, 5.74) is 6.73. The lowest BCUT2D eigenvalue weighted by molar-refractivity contribution is 0.000580. The summed E-state index contributed by atoms with van der Waals surface area (Å²) in [4.78, 5) is 4.23. The fourth-order valence-electron chi connectivity index (χ4n) is 1.14. The lowest BCUT2D eigenvalue weighted by Gasteiger charge is -2.29. The fraction of sp³-hybridized carbons (Fsp3) is 0.545. The molecule has 0 aromatic carbocycles. The number of nitrogens with zero attached hydrogens (tertiary/aromatic N) is 1. The first kappa shape index (κ1) is 11.1.